The quantitative estimate of drug-likeness (QED) is 0.269. The number of carboxylic acid groups (broad SMARTS) is 1. The first-order valence-corrected chi connectivity index (χ1v) is 13.5. The molecule has 0 saturated carbocycles. The van der Waals surface area contributed by atoms with Crippen LogP contribution in [0.25, 0.3) is 0 Å². The van der Waals surface area contributed by atoms with Gasteiger partial charge in [0.25, 0.3) is 0 Å². The topological polar surface area (TPSA) is 152 Å². The standard InChI is InChI=1S/C27H47N3O9/c1-9-16(2)24(29(5)21(31)12-13-23(33)34)20(37-6)15-22(32)30-14-10-11-19(30)25(38-7)17(3)26(35)28-18(4)27(36)39-8/h16-20,24-25H,9-15H2,1-8H3,(H,28,35)(H,33,34). The van der Waals surface area contributed by atoms with Crippen LogP contribution in [-0.2, 0) is 38.2 Å². The highest BCUT2D eigenvalue weighted by molar-refractivity contribution is 5.86. The molecule has 0 aliphatic carbocycles. The second-order valence-corrected chi connectivity index (χ2v) is 10.3. The molecule has 12 nitrogen and oxygen atoms in total. The maximum Gasteiger partial charge on any atom is 0.328 e. The van der Waals surface area contributed by atoms with Crippen molar-refractivity contribution in [2.75, 3.05) is 34.9 Å². The number of carbonyl (C=O) groups is 5. The molecule has 0 aromatic carbocycles. The van der Waals surface area contributed by atoms with Gasteiger partial charge >= 0.3 is 11.9 Å². The van der Waals surface area contributed by atoms with Gasteiger partial charge in [0.05, 0.1) is 50.2 Å². The minimum absolute atomic E-state index is 0.00887. The Labute approximate surface area is 231 Å². The Morgan fingerprint density at radius 2 is 1.69 bits per heavy atom. The first kappa shape index (κ1) is 34.3. The van der Waals surface area contributed by atoms with Crippen molar-refractivity contribution in [3.05, 3.63) is 0 Å². The van der Waals surface area contributed by atoms with Crippen LogP contribution in [0.4, 0.5) is 0 Å². The maximum atomic E-state index is 13.6. The number of carbonyl (C=O) groups excluding carboxylic acids is 4. The van der Waals surface area contributed by atoms with Crippen molar-refractivity contribution in [2.24, 2.45) is 11.8 Å². The van der Waals surface area contributed by atoms with Crippen molar-refractivity contribution in [3.63, 3.8) is 0 Å². The van der Waals surface area contributed by atoms with Gasteiger partial charge < -0.3 is 34.4 Å². The Balaban J connectivity index is 3.06. The number of methoxy groups -OCH3 is 3. The van der Waals surface area contributed by atoms with Crippen molar-refractivity contribution in [2.45, 2.75) is 96.6 Å². The van der Waals surface area contributed by atoms with Crippen LogP contribution in [0.1, 0.15) is 66.2 Å². The van der Waals surface area contributed by atoms with Gasteiger partial charge in [0.2, 0.25) is 17.7 Å². The van der Waals surface area contributed by atoms with Crippen molar-refractivity contribution in [1.29, 1.82) is 0 Å². The van der Waals surface area contributed by atoms with E-state index in [2.05, 4.69) is 10.1 Å². The smallest absolute Gasteiger partial charge is 0.328 e. The number of amides is 3. The average molecular weight is 558 g/mol. The molecule has 1 aliphatic rings. The zero-order valence-corrected chi connectivity index (χ0v) is 24.6. The summed E-state index contributed by atoms with van der Waals surface area (Å²) in [5, 5.41) is 11.6. The third-order valence-electron chi connectivity index (χ3n) is 7.77. The Kier molecular flexibility index (Phi) is 14.4. The number of likely N-dealkylation sites (N-methyl/N-ethyl adjacent to an activating group) is 1. The molecule has 12 heteroatoms. The summed E-state index contributed by atoms with van der Waals surface area (Å²) in [6.07, 6.45) is 0.492. The monoisotopic (exact) mass is 557 g/mol. The summed E-state index contributed by atoms with van der Waals surface area (Å²) in [4.78, 5) is 65.2. The number of ether oxygens (including phenoxy) is 3. The molecule has 1 aliphatic heterocycles. The van der Waals surface area contributed by atoms with Gasteiger partial charge in [-0.25, -0.2) is 4.79 Å². The third kappa shape index (κ3) is 9.45. The van der Waals surface area contributed by atoms with Crippen LogP contribution >= 0.6 is 0 Å². The van der Waals surface area contributed by atoms with Gasteiger partial charge in [0.1, 0.15) is 6.04 Å². The SMILES string of the molecule is CCC(C)C(C(CC(=O)N1CCCC1C(OC)C(C)C(=O)NC(C)C(=O)OC)OC)N(C)C(=O)CCC(=O)O. The highest BCUT2D eigenvalue weighted by atomic mass is 16.5. The molecule has 1 fully saturated rings. The number of esters is 1. The first-order valence-electron chi connectivity index (χ1n) is 13.5. The highest BCUT2D eigenvalue weighted by Crippen LogP contribution is 2.29. The lowest BCUT2D eigenvalue weighted by Gasteiger charge is -2.39. The van der Waals surface area contributed by atoms with Crippen LogP contribution < -0.4 is 5.32 Å². The lowest BCUT2D eigenvalue weighted by Crippen LogP contribution is -2.53. The molecule has 1 heterocycles. The van der Waals surface area contributed by atoms with E-state index in [0.29, 0.717) is 13.0 Å². The van der Waals surface area contributed by atoms with Gasteiger partial charge in [-0.1, -0.05) is 27.2 Å². The van der Waals surface area contributed by atoms with Crippen LogP contribution in [0.5, 0.6) is 0 Å². The van der Waals surface area contributed by atoms with Crippen molar-refractivity contribution >= 4 is 29.7 Å². The molecular weight excluding hydrogens is 510 g/mol. The number of aliphatic carboxylic acids is 1. The van der Waals surface area contributed by atoms with Crippen molar-refractivity contribution < 1.29 is 43.3 Å². The first-order chi connectivity index (χ1) is 18.3. The number of likely N-dealkylation sites (tertiary alicyclic amines) is 1. The fourth-order valence-electron chi connectivity index (χ4n) is 5.30. The lowest BCUT2D eigenvalue weighted by molar-refractivity contribution is -0.148. The zero-order chi connectivity index (χ0) is 29.9. The summed E-state index contributed by atoms with van der Waals surface area (Å²) in [7, 11) is 5.86. The van der Waals surface area contributed by atoms with E-state index in [0.717, 1.165) is 12.8 Å². The molecule has 39 heavy (non-hydrogen) atoms. The number of hydrogen-bond acceptors (Lipinski definition) is 8. The number of hydrogen-bond donors (Lipinski definition) is 2. The van der Waals surface area contributed by atoms with Gasteiger partial charge in [-0.3, -0.25) is 19.2 Å². The predicted molar refractivity (Wildman–Crippen MR) is 143 cm³/mol. The van der Waals surface area contributed by atoms with Gasteiger partial charge in [0, 0.05) is 34.2 Å². The van der Waals surface area contributed by atoms with Gasteiger partial charge in [-0.2, -0.15) is 0 Å². The van der Waals surface area contributed by atoms with Crippen LogP contribution in [0, 0.1) is 11.8 Å². The number of nitrogens with zero attached hydrogens (tertiary/aromatic N) is 2. The fraction of sp³-hybridized carbons (Fsp3) is 0.815. The molecule has 7 unspecified atom stereocenters. The summed E-state index contributed by atoms with van der Waals surface area (Å²) in [5.74, 6) is -3.15. The lowest BCUT2D eigenvalue weighted by atomic mass is 9.90. The molecule has 0 aromatic rings. The molecule has 7 atom stereocenters. The van der Waals surface area contributed by atoms with Crippen LogP contribution in [-0.4, -0.2) is 110 Å². The normalized spacial score (nSPS) is 19.8. The summed E-state index contributed by atoms with van der Waals surface area (Å²) in [6.45, 7) is 7.68. The molecule has 2 N–H and O–H groups in total. The Bertz CT molecular complexity index is 852. The minimum atomic E-state index is -1.05. The van der Waals surface area contributed by atoms with Crippen LogP contribution in [0.15, 0.2) is 0 Å². The Hall–Kier alpha value is -2.73. The fourth-order valence-corrected chi connectivity index (χ4v) is 5.30. The number of carboxylic acids is 1. The highest BCUT2D eigenvalue weighted by Gasteiger charge is 2.42. The average Bonchev–Trinajstić information content (AvgIpc) is 3.40. The zero-order valence-electron chi connectivity index (χ0n) is 24.6. The van der Waals surface area contributed by atoms with Crippen LogP contribution in [0.2, 0.25) is 0 Å². The molecule has 0 bridgehead atoms. The molecule has 1 saturated heterocycles. The van der Waals surface area contributed by atoms with E-state index >= 15 is 0 Å². The molecule has 3 amide bonds. The van der Waals surface area contributed by atoms with E-state index in [-0.39, 0.29) is 48.9 Å². The number of rotatable bonds is 16. The third-order valence-corrected chi connectivity index (χ3v) is 7.77. The summed E-state index contributed by atoms with van der Waals surface area (Å²) in [6, 6.07) is -1.61. The maximum absolute atomic E-state index is 13.6. The molecule has 0 aromatic heterocycles. The van der Waals surface area contributed by atoms with E-state index < -0.39 is 42.1 Å². The van der Waals surface area contributed by atoms with Crippen molar-refractivity contribution in [1.82, 2.24) is 15.1 Å². The molecular formula is C27H47N3O9. The van der Waals surface area contributed by atoms with Gasteiger partial charge in [-0.05, 0) is 25.7 Å². The second kappa shape index (κ2) is 16.4. The molecule has 0 spiro atoms. The predicted octanol–water partition coefficient (Wildman–Crippen LogP) is 1.45. The van der Waals surface area contributed by atoms with Gasteiger partial charge in [-0.15, -0.1) is 0 Å². The number of nitrogens with one attached hydrogen (secondary N) is 1. The van der Waals surface area contributed by atoms with Crippen molar-refractivity contribution in [3.8, 4) is 0 Å². The largest absolute Gasteiger partial charge is 0.481 e. The van der Waals surface area contributed by atoms with Gasteiger partial charge in [0.15, 0.2) is 0 Å². The summed E-state index contributed by atoms with van der Waals surface area (Å²) >= 11 is 0. The Morgan fingerprint density at radius 3 is 2.21 bits per heavy atom. The van der Waals surface area contributed by atoms with E-state index in [4.69, 9.17) is 14.6 Å². The van der Waals surface area contributed by atoms with E-state index in [1.807, 2.05) is 13.8 Å². The Morgan fingerprint density at radius 1 is 1.05 bits per heavy atom. The van der Waals surface area contributed by atoms with E-state index in [9.17, 15) is 24.0 Å². The van der Waals surface area contributed by atoms with E-state index in [1.54, 1.807) is 18.9 Å². The molecule has 0 radical (unpaired) electrons. The van der Waals surface area contributed by atoms with E-state index in [1.165, 1.54) is 33.2 Å². The summed E-state index contributed by atoms with van der Waals surface area (Å²) < 4.78 is 16.1. The summed E-state index contributed by atoms with van der Waals surface area (Å²) in [5.41, 5.74) is 0. The van der Waals surface area contributed by atoms with Crippen LogP contribution in [0.3, 0.4) is 0 Å². The second-order valence-electron chi connectivity index (χ2n) is 10.3. The molecule has 1 rings (SSSR count). The minimum Gasteiger partial charge on any atom is -0.481 e. The molecule has 224 valence electrons.